The van der Waals surface area contributed by atoms with Crippen molar-refractivity contribution in [3.05, 3.63) is 35.8 Å². The number of carbonyl (C=O) groups is 1. The van der Waals surface area contributed by atoms with Gasteiger partial charge in [-0.2, -0.15) is 18.3 Å². The Morgan fingerprint density at radius 1 is 1.28 bits per heavy atom. The zero-order valence-corrected chi connectivity index (χ0v) is 8.59. The third-order valence-electron chi connectivity index (χ3n) is 2.01. The summed E-state index contributed by atoms with van der Waals surface area (Å²) < 4.78 is 37.8. The van der Waals surface area contributed by atoms with Gasteiger partial charge in [-0.3, -0.25) is 0 Å². The molecule has 0 atom stereocenters. The molecule has 2 rings (SSSR count). The average molecular weight is 258 g/mol. The van der Waals surface area contributed by atoms with E-state index in [0.29, 0.717) is 6.20 Å². The van der Waals surface area contributed by atoms with Crippen LogP contribution in [0.3, 0.4) is 0 Å². The molecule has 0 amide bonds. The van der Waals surface area contributed by atoms with Crippen molar-refractivity contribution in [2.75, 3.05) is 0 Å². The number of aromatic carboxylic acids is 1. The summed E-state index contributed by atoms with van der Waals surface area (Å²) in [5, 5.41) is 18.9. The number of hydrogen-bond donors (Lipinski definition) is 1. The third-order valence-corrected chi connectivity index (χ3v) is 2.01. The molecule has 0 aliphatic heterocycles. The van der Waals surface area contributed by atoms with Gasteiger partial charge in [0.05, 0.1) is 11.8 Å². The number of alkyl halides is 3. The summed E-state index contributed by atoms with van der Waals surface area (Å²) in [6.07, 6.45) is -3.11. The molecule has 2 heterocycles. The molecule has 94 valence electrons. The van der Waals surface area contributed by atoms with E-state index >= 15 is 0 Å². The van der Waals surface area contributed by atoms with Crippen molar-refractivity contribution >= 4 is 5.97 Å². The molecule has 0 aliphatic carbocycles. The monoisotopic (exact) mass is 258 g/mol. The van der Waals surface area contributed by atoms with Crippen molar-refractivity contribution < 1.29 is 23.1 Å². The van der Waals surface area contributed by atoms with E-state index in [-0.39, 0.29) is 11.5 Å². The lowest BCUT2D eigenvalue weighted by atomic mass is 10.3. The maximum absolute atomic E-state index is 12.3. The van der Waals surface area contributed by atoms with Crippen LogP contribution in [0.4, 0.5) is 13.2 Å². The van der Waals surface area contributed by atoms with Crippen LogP contribution in [0.15, 0.2) is 24.5 Å². The largest absolute Gasteiger partial charge is 0.476 e. The highest BCUT2D eigenvalue weighted by Gasteiger charge is 2.32. The van der Waals surface area contributed by atoms with Gasteiger partial charge in [-0.1, -0.05) is 0 Å². The maximum atomic E-state index is 12.3. The Kier molecular flexibility index (Phi) is 2.73. The van der Waals surface area contributed by atoms with Crippen molar-refractivity contribution in [3.63, 3.8) is 0 Å². The number of carboxylic acids is 1. The summed E-state index contributed by atoms with van der Waals surface area (Å²) in [6, 6.07) is 2.34. The first-order valence-electron chi connectivity index (χ1n) is 4.57. The number of hydrogen-bond acceptors (Lipinski definition) is 4. The number of halogens is 3. The lowest BCUT2D eigenvalue weighted by Crippen LogP contribution is -2.06. The normalized spacial score (nSPS) is 11.5. The van der Waals surface area contributed by atoms with Crippen LogP contribution >= 0.6 is 0 Å². The predicted molar refractivity (Wildman–Crippen MR) is 51.1 cm³/mol. The van der Waals surface area contributed by atoms with Gasteiger partial charge < -0.3 is 5.11 Å². The van der Waals surface area contributed by atoms with Crippen molar-refractivity contribution in [1.82, 2.24) is 20.0 Å². The van der Waals surface area contributed by atoms with E-state index in [1.807, 2.05) is 0 Å². The van der Waals surface area contributed by atoms with Crippen LogP contribution in [0.5, 0.6) is 0 Å². The molecule has 2 aromatic rings. The van der Waals surface area contributed by atoms with E-state index in [4.69, 9.17) is 5.11 Å². The van der Waals surface area contributed by atoms with E-state index in [0.717, 1.165) is 16.9 Å². The summed E-state index contributed by atoms with van der Waals surface area (Å²) >= 11 is 0. The molecule has 0 aromatic carbocycles. The molecule has 0 fully saturated rings. The van der Waals surface area contributed by atoms with Gasteiger partial charge >= 0.3 is 12.1 Å². The quantitative estimate of drug-likeness (QED) is 0.880. The lowest BCUT2D eigenvalue weighted by Gasteiger charge is -2.01. The molecule has 0 aliphatic rings. The van der Waals surface area contributed by atoms with Crippen LogP contribution in [0.1, 0.15) is 16.1 Å². The molecular formula is C9H5F3N4O2. The highest BCUT2D eigenvalue weighted by atomic mass is 19.4. The fourth-order valence-electron chi connectivity index (χ4n) is 1.16. The molecule has 2 aromatic heterocycles. The standard InChI is InChI=1S/C9H5F3N4O2/c10-9(11,12)5-3-13-16(4-5)7-2-1-6(8(17)18)14-15-7/h1-4H,(H,17,18). The van der Waals surface area contributed by atoms with Crippen molar-refractivity contribution in [2.45, 2.75) is 6.18 Å². The van der Waals surface area contributed by atoms with Crippen LogP contribution in [-0.2, 0) is 6.18 Å². The Labute approximate surface area is 97.7 Å². The second-order valence-corrected chi connectivity index (χ2v) is 3.25. The molecular weight excluding hydrogens is 253 g/mol. The second-order valence-electron chi connectivity index (χ2n) is 3.25. The van der Waals surface area contributed by atoms with E-state index < -0.39 is 17.7 Å². The molecule has 0 unspecified atom stereocenters. The Bertz CT molecular complexity index is 576. The number of nitrogens with zero attached hydrogens (tertiary/aromatic N) is 4. The second kappa shape index (κ2) is 4.09. The summed E-state index contributed by atoms with van der Waals surface area (Å²) in [4.78, 5) is 10.5. The minimum Gasteiger partial charge on any atom is -0.476 e. The molecule has 0 saturated carbocycles. The number of carboxylic acid groups (broad SMARTS) is 1. The Hall–Kier alpha value is -2.45. The minimum absolute atomic E-state index is 0.00417. The average Bonchev–Trinajstić information content (AvgIpc) is 2.78. The highest BCUT2D eigenvalue weighted by Crippen LogP contribution is 2.28. The first kappa shape index (κ1) is 12.0. The van der Waals surface area contributed by atoms with Gasteiger partial charge in [0.25, 0.3) is 0 Å². The van der Waals surface area contributed by atoms with E-state index in [9.17, 15) is 18.0 Å². The zero-order chi connectivity index (χ0) is 13.3. The molecule has 9 heteroatoms. The van der Waals surface area contributed by atoms with Gasteiger partial charge in [0, 0.05) is 6.20 Å². The van der Waals surface area contributed by atoms with Gasteiger partial charge in [0.2, 0.25) is 0 Å². The smallest absolute Gasteiger partial charge is 0.419 e. The van der Waals surface area contributed by atoms with Gasteiger partial charge in [-0.15, -0.1) is 10.2 Å². The van der Waals surface area contributed by atoms with Crippen LogP contribution in [0.25, 0.3) is 5.82 Å². The minimum atomic E-state index is -4.49. The third kappa shape index (κ3) is 2.29. The van der Waals surface area contributed by atoms with Gasteiger partial charge in [0.1, 0.15) is 0 Å². The van der Waals surface area contributed by atoms with Gasteiger partial charge in [0.15, 0.2) is 11.5 Å². The van der Waals surface area contributed by atoms with Crippen LogP contribution in [0, 0.1) is 0 Å². The number of rotatable bonds is 2. The molecule has 6 nitrogen and oxygen atoms in total. The van der Waals surface area contributed by atoms with E-state index in [1.165, 1.54) is 6.07 Å². The van der Waals surface area contributed by atoms with E-state index in [2.05, 4.69) is 15.3 Å². The molecule has 18 heavy (non-hydrogen) atoms. The Morgan fingerprint density at radius 3 is 2.44 bits per heavy atom. The van der Waals surface area contributed by atoms with Gasteiger partial charge in [-0.05, 0) is 12.1 Å². The van der Waals surface area contributed by atoms with Crippen LogP contribution < -0.4 is 0 Å². The fraction of sp³-hybridized carbons (Fsp3) is 0.111. The van der Waals surface area contributed by atoms with Gasteiger partial charge in [-0.25, -0.2) is 9.48 Å². The van der Waals surface area contributed by atoms with Crippen molar-refractivity contribution in [2.24, 2.45) is 0 Å². The summed E-state index contributed by atoms with van der Waals surface area (Å²) in [5.74, 6) is -1.28. The molecule has 0 spiro atoms. The predicted octanol–water partition coefficient (Wildman–Crippen LogP) is 1.38. The van der Waals surface area contributed by atoms with E-state index in [1.54, 1.807) is 0 Å². The SMILES string of the molecule is O=C(O)c1ccc(-n2cc(C(F)(F)F)cn2)nn1. The molecule has 0 saturated heterocycles. The van der Waals surface area contributed by atoms with Crippen molar-refractivity contribution in [1.29, 1.82) is 0 Å². The fourth-order valence-corrected chi connectivity index (χ4v) is 1.16. The highest BCUT2D eigenvalue weighted by molar-refractivity contribution is 5.85. The summed E-state index contributed by atoms with van der Waals surface area (Å²) in [5.41, 5.74) is -1.23. The van der Waals surface area contributed by atoms with Crippen LogP contribution in [-0.4, -0.2) is 31.1 Å². The number of aromatic nitrogens is 4. The first-order chi connectivity index (χ1) is 8.38. The Morgan fingerprint density at radius 2 is 2.00 bits per heavy atom. The summed E-state index contributed by atoms with van der Waals surface area (Å²) in [6.45, 7) is 0. The molecule has 1 N–H and O–H groups in total. The topological polar surface area (TPSA) is 80.9 Å². The Balaban J connectivity index is 2.32. The first-order valence-corrected chi connectivity index (χ1v) is 4.57. The summed E-state index contributed by atoms with van der Waals surface area (Å²) in [7, 11) is 0. The van der Waals surface area contributed by atoms with Crippen LogP contribution in [0.2, 0.25) is 0 Å². The molecule has 0 radical (unpaired) electrons. The lowest BCUT2D eigenvalue weighted by molar-refractivity contribution is -0.137. The van der Waals surface area contributed by atoms with Crippen molar-refractivity contribution in [3.8, 4) is 5.82 Å². The maximum Gasteiger partial charge on any atom is 0.419 e. The zero-order valence-electron chi connectivity index (χ0n) is 8.59. The molecule has 0 bridgehead atoms.